The van der Waals surface area contributed by atoms with Crippen LogP contribution in [0.15, 0.2) is 71.6 Å². The topological polar surface area (TPSA) is 93.7 Å². The number of hydrogen-bond acceptors (Lipinski definition) is 6. The minimum atomic E-state index is -4.18. The lowest BCUT2D eigenvalue weighted by atomic mass is 9.99. The summed E-state index contributed by atoms with van der Waals surface area (Å²) in [5.41, 5.74) is 2.36. The highest BCUT2D eigenvalue weighted by Crippen LogP contribution is 2.32. The van der Waals surface area contributed by atoms with Crippen LogP contribution in [0.3, 0.4) is 0 Å². The van der Waals surface area contributed by atoms with E-state index in [1.807, 2.05) is 37.4 Å². The Bertz CT molecular complexity index is 1370. The summed E-state index contributed by atoms with van der Waals surface area (Å²) in [6, 6.07) is 17.2. The number of ether oxygens (including phenoxy) is 2. The fourth-order valence-electron chi connectivity index (χ4n) is 3.58. The van der Waals surface area contributed by atoms with Crippen molar-refractivity contribution in [2.24, 2.45) is 0 Å². The standard InChI is InChI=1S/C26H29F2N2O5PS2/c1-4-34-23-15-19(29-25(31)22(16-37-3)18-10-8-17(2)9-11-18)12-13-24(23)38(32,33)30-20-6-5-7-21(14-20)35-26(27,28)36/h5-15,22,30H,4,16,36H2,1-3H3,(H,29,31). The number of thioether (sulfide) groups is 1. The van der Waals surface area contributed by atoms with Gasteiger partial charge in [-0.1, -0.05) is 35.9 Å². The molecule has 3 rings (SSSR count). The number of carbonyl (C=O) groups is 1. The van der Waals surface area contributed by atoms with Crippen LogP contribution in [0.2, 0.25) is 0 Å². The van der Waals surface area contributed by atoms with Crippen LogP contribution in [-0.4, -0.2) is 38.8 Å². The second-order valence-corrected chi connectivity index (χ2v) is 11.5. The highest BCUT2D eigenvalue weighted by atomic mass is 32.2. The average Bonchev–Trinajstić information content (AvgIpc) is 2.82. The lowest BCUT2D eigenvalue weighted by Crippen LogP contribution is -2.23. The van der Waals surface area contributed by atoms with Crippen molar-refractivity contribution >= 4 is 48.3 Å². The molecule has 2 N–H and O–H groups in total. The van der Waals surface area contributed by atoms with Crippen molar-refractivity contribution in [1.82, 2.24) is 0 Å². The van der Waals surface area contributed by atoms with E-state index in [2.05, 4.69) is 14.8 Å². The Morgan fingerprint density at radius 3 is 2.42 bits per heavy atom. The molecule has 12 heteroatoms. The molecule has 0 aromatic heterocycles. The zero-order chi connectivity index (χ0) is 27.9. The number of aryl methyl sites for hydroxylation is 1. The van der Waals surface area contributed by atoms with Gasteiger partial charge in [-0.05, 0) is 59.2 Å². The number of rotatable bonds is 12. The van der Waals surface area contributed by atoms with Crippen LogP contribution in [0.25, 0.3) is 0 Å². The van der Waals surface area contributed by atoms with Gasteiger partial charge in [0.15, 0.2) is 0 Å². The number of sulfonamides is 1. The molecule has 1 amide bonds. The first kappa shape index (κ1) is 29.7. The van der Waals surface area contributed by atoms with Gasteiger partial charge in [0.1, 0.15) is 16.4 Å². The number of benzene rings is 3. The average molecular weight is 583 g/mol. The van der Waals surface area contributed by atoms with Crippen LogP contribution in [-0.2, 0) is 14.8 Å². The largest absolute Gasteiger partial charge is 0.492 e. The Labute approximate surface area is 227 Å². The van der Waals surface area contributed by atoms with Gasteiger partial charge in [0.05, 0.1) is 18.2 Å². The molecule has 38 heavy (non-hydrogen) atoms. The van der Waals surface area contributed by atoms with E-state index < -0.39 is 21.8 Å². The van der Waals surface area contributed by atoms with Crippen molar-refractivity contribution in [1.29, 1.82) is 0 Å². The zero-order valence-corrected chi connectivity index (χ0v) is 23.8. The van der Waals surface area contributed by atoms with E-state index in [9.17, 15) is 22.0 Å². The van der Waals surface area contributed by atoms with Crippen LogP contribution in [0.1, 0.15) is 24.0 Å². The second kappa shape index (κ2) is 12.8. The van der Waals surface area contributed by atoms with Crippen molar-refractivity contribution < 1.29 is 31.5 Å². The normalized spacial score (nSPS) is 12.5. The summed E-state index contributed by atoms with van der Waals surface area (Å²) in [6.45, 7) is 3.84. The Hall–Kier alpha value is -2.88. The molecule has 3 aromatic rings. The van der Waals surface area contributed by atoms with E-state index in [0.717, 1.165) is 17.2 Å². The molecule has 0 saturated heterocycles. The van der Waals surface area contributed by atoms with Gasteiger partial charge in [-0.25, -0.2) is 8.42 Å². The van der Waals surface area contributed by atoms with Gasteiger partial charge in [-0.15, -0.1) is 0 Å². The van der Waals surface area contributed by atoms with Crippen molar-refractivity contribution in [3.05, 3.63) is 77.9 Å². The summed E-state index contributed by atoms with van der Waals surface area (Å²) in [7, 11) is -2.93. The highest BCUT2D eigenvalue weighted by Gasteiger charge is 2.25. The molecular weight excluding hydrogens is 553 g/mol. The van der Waals surface area contributed by atoms with E-state index in [-0.39, 0.29) is 34.6 Å². The molecule has 0 radical (unpaired) electrons. The predicted octanol–water partition coefficient (Wildman–Crippen LogP) is 6.08. The maximum atomic E-state index is 13.2. The van der Waals surface area contributed by atoms with Crippen molar-refractivity contribution in [2.75, 3.05) is 28.7 Å². The predicted molar refractivity (Wildman–Crippen MR) is 151 cm³/mol. The molecule has 0 spiro atoms. The third kappa shape index (κ3) is 8.31. The van der Waals surface area contributed by atoms with E-state index in [1.165, 1.54) is 45.6 Å². The van der Waals surface area contributed by atoms with Crippen molar-refractivity contribution in [2.45, 2.75) is 30.5 Å². The minimum absolute atomic E-state index is 0.0228. The number of anilines is 2. The van der Waals surface area contributed by atoms with E-state index in [0.29, 0.717) is 11.4 Å². The molecule has 2 atom stereocenters. The third-order valence-corrected chi connectivity index (χ3v) is 7.48. The highest BCUT2D eigenvalue weighted by molar-refractivity contribution is 7.98. The van der Waals surface area contributed by atoms with Crippen LogP contribution < -0.4 is 19.5 Å². The van der Waals surface area contributed by atoms with E-state index in [1.54, 1.807) is 18.7 Å². The minimum Gasteiger partial charge on any atom is -0.492 e. The molecule has 0 aliphatic carbocycles. The van der Waals surface area contributed by atoms with Gasteiger partial charge in [-0.2, -0.15) is 20.5 Å². The first-order valence-corrected chi connectivity index (χ1v) is 15.0. The summed E-state index contributed by atoms with van der Waals surface area (Å²) in [6.07, 6.45) is 1.92. The molecule has 0 saturated carbocycles. The molecule has 0 fully saturated rings. The maximum Gasteiger partial charge on any atom is 0.408 e. The Kier molecular flexibility index (Phi) is 9.98. The summed E-state index contributed by atoms with van der Waals surface area (Å²) in [5, 5.41) is 2.86. The number of nitrogens with one attached hydrogen (secondary N) is 2. The molecule has 0 heterocycles. The smallest absolute Gasteiger partial charge is 0.408 e. The maximum absolute atomic E-state index is 13.2. The van der Waals surface area contributed by atoms with Crippen molar-refractivity contribution in [3.63, 3.8) is 0 Å². The zero-order valence-electron chi connectivity index (χ0n) is 21.0. The Balaban J connectivity index is 1.85. The lowest BCUT2D eigenvalue weighted by Gasteiger charge is -2.18. The van der Waals surface area contributed by atoms with Crippen LogP contribution in [0, 0.1) is 6.92 Å². The molecule has 2 unspecified atom stereocenters. The summed E-state index contributed by atoms with van der Waals surface area (Å²) in [4.78, 5) is 13.0. The number of alkyl halides is 2. The molecule has 0 aliphatic heterocycles. The van der Waals surface area contributed by atoms with Gasteiger partial charge >= 0.3 is 5.85 Å². The van der Waals surface area contributed by atoms with E-state index in [4.69, 9.17) is 4.74 Å². The van der Waals surface area contributed by atoms with Gasteiger partial charge in [0.25, 0.3) is 10.0 Å². The third-order valence-electron chi connectivity index (χ3n) is 5.27. The van der Waals surface area contributed by atoms with E-state index >= 15 is 0 Å². The van der Waals surface area contributed by atoms with Crippen LogP contribution >= 0.6 is 21.0 Å². The van der Waals surface area contributed by atoms with Gasteiger partial charge in [0, 0.05) is 23.6 Å². The quantitative estimate of drug-likeness (QED) is 0.251. The number of hydrogen-bond donors (Lipinski definition) is 2. The Morgan fingerprint density at radius 1 is 1.08 bits per heavy atom. The number of halogens is 2. The fourth-order valence-corrected chi connectivity index (χ4v) is 5.57. The first-order valence-electron chi connectivity index (χ1n) is 11.5. The molecule has 0 aliphatic rings. The molecule has 204 valence electrons. The first-order chi connectivity index (χ1) is 17.9. The SMILES string of the molecule is CCOc1cc(NC(=O)C(CSC)c2ccc(C)cc2)ccc1S(=O)(=O)Nc1cccc(OC(F)(F)P)c1. The molecular formula is C26H29F2N2O5PS2. The summed E-state index contributed by atoms with van der Waals surface area (Å²) >= 11 is 1.54. The molecule has 3 aromatic carbocycles. The lowest BCUT2D eigenvalue weighted by molar-refractivity contribution is -0.117. The second-order valence-electron chi connectivity index (χ2n) is 8.30. The fraction of sp³-hybridized carbons (Fsp3) is 0.269. The van der Waals surface area contributed by atoms with Gasteiger partial charge in [-0.3, -0.25) is 9.52 Å². The van der Waals surface area contributed by atoms with Crippen molar-refractivity contribution in [3.8, 4) is 11.5 Å². The van der Waals surface area contributed by atoms with Crippen LogP contribution in [0.5, 0.6) is 11.5 Å². The Morgan fingerprint density at radius 2 is 1.79 bits per heavy atom. The summed E-state index contributed by atoms with van der Waals surface area (Å²) in [5.74, 6) is -3.78. The number of amides is 1. The molecule has 7 nitrogen and oxygen atoms in total. The monoisotopic (exact) mass is 582 g/mol. The van der Waals surface area contributed by atoms with Gasteiger partial charge in [0.2, 0.25) is 5.91 Å². The summed E-state index contributed by atoms with van der Waals surface area (Å²) < 4.78 is 65.1. The van der Waals surface area contributed by atoms with Crippen LogP contribution in [0.4, 0.5) is 20.2 Å². The number of carbonyl (C=O) groups excluding carboxylic acids is 1. The van der Waals surface area contributed by atoms with Gasteiger partial charge < -0.3 is 14.8 Å². The molecule has 0 bridgehead atoms.